The van der Waals surface area contributed by atoms with Gasteiger partial charge in [-0.2, -0.15) is 0 Å². The smallest absolute Gasteiger partial charge is 0.329 e. The van der Waals surface area contributed by atoms with E-state index in [1.165, 1.54) is 0 Å². The zero-order chi connectivity index (χ0) is 32.0. The third-order valence-corrected chi connectivity index (χ3v) is 8.65. The highest BCUT2D eigenvalue weighted by Crippen LogP contribution is 2.42. The predicted octanol–water partition coefficient (Wildman–Crippen LogP) is 4.62. The Morgan fingerprint density at radius 2 is 1.49 bits per heavy atom. The second kappa shape index (κ2) is 13.8. The number of esters is 1. The van der Waals surface area contributed by atoms with Crippen molar-refractivity contribution in [2.24, 2.45) is 5.41 Å². The largest absolute Gasteiger partial charge is 0.459 e. The van der Waals surface area contributed by atoms with Gasteiger partial charge >= 0.3 is 5.97 Å². The van der Waals surface area contributed by atoms with Crippen LogP contribution in [-0.2, 0) is 54.5 Å². The van der Waals surface area contributed by atoms with Crippen LogP contribution >= 0.6 is 0 Å². The van der Waals surface area contributed by atoms with Gasteiger partial charge in [-0.3, -0.25) is 9.59 Å². The molecular weight excluding hydrogens is 568 g/mol. The van der Waals surface area contributed by atoms with E-state index < -0.39 is 41.1 Å². The average molecular weight is 611 g/mol. The molecule has 1 N–H and O–H groups in total. The lowest BCUT2D eigenvalue weighted by atomic mass is 9.77. The molecule has 1 unspecified atom stereocenters. The molecule has 1 fully saturated rings. The van der Waals surface area contributed by atoms with Crippen LogP contribution in [0.4, 0.5) is 0 Å². The van der Waals surface area contributed by atoms with Crippen molar-refractivity contribution in [1.29, 1.82) is 0 Å². The fourth-order valence-corrected chi connectivity index (χ4v) is 6.44. The molecule has 45 heavy (non-hydrogen) atoms. The SMILES string of the molecule is CC(C)(C)OC(C=O)C1(C(=O)N[C@@H](Cc2ccccc2)C(=O)N2CCC[C@H]2C(=O)OCc2ccccc2)Cc2ccccc2C1. The second-order valence-electron chi connectivity index (χ2n) is 13.1. The van der Waals surface area contributed by atoms with Gasteiger partial charge in [0.1, 0.15) is 31.1 Å². The molecule has 1 aliphatic heterocycles. The number of rotatable bonds is 11. The van der Waals surface area contributed by atoms with Gasteiger partial charge in [-0.05, 0) is 68.7 Å². The van der Waals surface area contributed by atoms with Crippen LogP contribution in [0.3, 0.4) is 0 Å². The van der Waals surface area contributed by atoms with Gasteiger partial charge < -0.3 is 24.5 Å². The van der Waals surface area contributed by atoms with E-state index in [0.29, 0.717) is 38.5 Å². The molecule has 2 aliphatic rings. The van der Waals surface area contributed by atoms with Crippen molar-refractivity contribution < 1.29 is 28.7 Å². The first kappa shape index (κ1) is 32.1. The summed E-state index contributed by atoms with van der Waals surface area (Å²) in [6, 6.07) is 24.9. The quantitative estimate of drug-likeness (QED) is 0.251. The molecule has 236 valence electrons. The molecular formula is C37H42N2O6. The van der Waals surface area contributed by atoms with Crippen molar-refractivity contribution in [2.45, 2.75) is 83.3 Å². The first-order valence-corrected chi connectivity index (χ1v) is 15.7. The normalized spacial score (nSPS) is 18.5. The summed E-state index contributed by atoms with van der Waals surface area (Å²) < 4.78 is 11.8. The standard InChI is InChI=1S/C37H42N2O6/c1-36(2,3)45-32(24-40)37(22-28-17-10-11-18-29(28)23-37)35(43)38-30(21-26-13-6-4-7-14-26)33(41)39-20-12-19-31(39)34(42)44-25-27-15-8-5-9-16-27/h4-11,13-18,24,30-32H,12,19-23,25H2,1-3H3,(H,38,43)/t30-,31-,32?/m0/s1. The van der Waals surface area contributed by atoms with Gasteiger partial charge in [-0.1, -0.05) is 84.9 Å². The number of amides is 2. The van der Waals surface area contributed by atoms with E-state index in [1.54, 1.807) is 4.90 Å². The molecule has 0 bridgehead atoms. The van der Waals surface area contributed by atoms with E-state index in [9.17, 15) is 19.2 Å². The molecule has 3 aromatic carbocycles. The Balaban J connectivity index is 1.41. The number of benzene rings is 3. The number of nitrogens with one attached hydrogen (secondary N) is 1. The maximum atomic E-state index is 14.5. The third-order valence-electron chi connectivity index (χ3n) is 8.65. The summed E-state index contributed by atoms with van der Waals surface area (Å²) in [5.74, 6) is -1.23. The number of aldehydes is 1. The minimum absolute atomic E-state index is 0.117. The summed E-state index contributed by atoms with van der Waals surface area (Å²) in [6.45, 7) is 6.05. The highest BCUT2D eigenvalue weighted by molar-refractivity contribution is 5.95. The lowest BCUT2D eigenvalue weighted by molar-refractivity contribution is -0.161. The molecule has 8 heteroatoms. The molecule has 0 aromatic heterocycles. The Bertz CT molecular complexity index is 1480. The molecule has 0 saturated carbocycles. The molecule has 2 amide bonds. The summed E-state index contributed by atoms with van der Waals surface area (Å²) in [5.41, 5.74) is 1.75. The van der Waals surface area contributed by atoms with Crippen LogP contribution in [0.5, 0.6) is 0 Å². The number of fused-ring (bicyclic) bond motifs is 1. The Hall–Kier alpha value is -4.30. The van der Waals surface area contributed by atoms with Crippen LogP contribution < -0.4 is 5.32 Å². The lowest BCUT2D eigenvalue weighted by Crippen LogP contribution is -2.59. The Kier molecular flexibility index (Phi) is 9.83. The zero-order valence-corrected chi connectivity index (χ0v) is 26.2. The van der Waals surface area contributed by atoms with Gasteiger partial charge in [0.2, 0.25) is 11.8 Å². The number of carbonyl (C=O) groups is 4. The van der Waals surface area contributed by atoms with Crippen molar-refractivity contribution in [2.75, 3.05) is 6.54 Å². The summed E-state index contributed by atoms with van der Waals surface area (Å²) in [4.78, 5) is 56.2. The molecule has 8 nitrogen and oxygen atoms in total. The van der Waals surface area contributed by atoms with Crippen LogP contribution in [0.15, 0.2) is 84.9 Å². The van der Waals surface area contributed by atoms with Crippen LogP contribution in [0.25, 0.3) is 0 Å². The predicted molar refractivity (Wildman–Crippen MR) is 170 cm³/mol. The second-order valence-corrected chi connectivity index (χ2v) is 13.1. The van der Waals surface area contributed by atoms with E-state index >= 15 is 0 Å². The Morgan fingerprint density at radius 3 is 2.07 bits per heavy atom. The molecule has 3 aromatic rings. The maximum absolute atomic E-state index is 14.5. The van der Waals surface area contributed by atoms with Crippen LogP contribution in [0.2, 0.25) is 0 Å². The fraction of sp³-hybridized carbons (Fsp3) is 0.405. The number of hydrogen-bond donors (Lipinski definition) is 1. The molecule has 5 rings (SSSR count). The van der Waals surface area contributed by atoms with Gasteiger partial charge in [-0.25, -0.2) is 4.79 Å². The van der Waals surface area contributed by atoms with E-state index in [4.69, 9.17) is 9.47 Å². The van der Waals surface area contributed by atoms with E-state index in [-0.39, 0.29) is 18.9 Å². The number of hydrogen-bond acceptors (Lipinski definition) is 6. The molecule has 1 heterocycles. The monoisotopic (exact) mass is 610 g/mol. The first-order valence-electron chi connectivity index (χ1n) is 15.7. The topological polar surface area (TPSA) is 102 Å². The summed E-state index contributed by atoms with van der Waals surface area (Å²) in [7, 11) is 0. The van der Waals surface area contributed by atoms with Crippen molar-refractivity contribution in [3.63, 3.8) is 0 Å². The Labute approximate surface area is 265 Å². The third kappa shape index (κ3) is 7.51. The van der Waals surface area contributed by atoms with Gasteiger partial charge in [0.25, 0.3) is 0 Å². The molecule has 1 saturated heterocycles. The lowest BCUT2D eigenvalue weighted by Gasteiger charge is -2.38. The minimum atomic E-state index is -1.24. The van der Waals surface area contributed by atoms with Crippen molar-refractivity contribution >= 4 is 24.1 Å². The van der Waals surface area contributed by atoms with Crippen molar-refractivity contribution in [3.8, 4) is 0 Å². The van der Waals surface area contributed by atoms with Crippen LogP contribution in [-0.4, -0.2) is 59.3 Å². The molecule has 0 radical (unpaired) electrons. The summed E-state index contributed by atoms with van der Waals surface area (Å²) in [6.07, 6.45) is 1.64. The van der Waals surface area contributed by atoms with Gasteiger partial charge in [0.15, 0.2) is 0 Å². The van der Waals surface area contributed by atoms with E-state index in [1.807, 2.05) is 106 Å². The molecule has 3 atom stereocenters. The first-order chi connectivity index (χ1) is 21.6. The highest BCUT2D eigenvalue weighted by atomic mass is 16.5. The fourth-order valence-electron chi connectivity index (χ4n) is 6.44. The van der Waals surface area contributed by atoms with Gasteiger partial charge in [0.05, 0.1) is 11.0 Å². The number of carbonyl (C=O) groups excluding carboxylic acids is 4. The van der Waals surface area contributed by atoms with E-state index in [0.717, 1.165) is 22.3 Å². The summed E-state index contributed by atoms with van der Waals surface area (Å²) in [5, 5.41) is 3.06. The molecule has 1 aliphatic carbocycles. The zero-order valence-electron chi connectivity index (χ0n) is 26.2. The van der Waals surface area contributed by atoms with Gasteiger partial charge in [0, 0.05) is 13.0 Å². The van der Waals surface area contributed by atoms with Crippen LogP contribution in [0.1, 0.15) is 55.9 Å². The molecule has 0 spiro atoms. The van der Waals surface area contributed by atoms with Gasteiger partial charge in [-0.15, -0.1) is 0 Å². The van der Waals surface area contributed by atoms with Crippen LogP contribution in [0, 0.1) is 5.41 Å². The van der Waals surface area contributed by atoms with E-state index in [2.05, 4.69) is 5.32 Å². The number of likely N-dealkylation sites (tertiary alicyclic amines) is 1. The summed E-state index contributed by atoms with van der Waals surface area (Å²) >= 11 is 0. The van der Waals surface area contributed by atoms with Crippen molar-refractivity contribution in [3.05, 3.63) is 107 Å². The Morgan fingerprint density at radius 1 is 0.911 bits per heavy atom. The minimum Gasteiger partial charge on any atom is -0.459 e. The average Bonchev–Trinajstić information content (AvgIpc) is 3.69. The number of ether oxygens (including phenoxy) is 2. The van der Waals surface area contributed by atoms with Crippen molar-refractivity contribution in [1.82, 2.24) is 10.2 Å². The maximum Gasteiger partial charge on any atom is 0.329 e. The highest BCUT2D eigenvalue weighted by Gasteiger charge is 2.52. The number of nitrogens with zero attached hydrogens (tertiary/aromatic N) is 1.